The zero-order valence-electron chi connectivity index (χ0n) is 23.2. The Morgan fingerprint density at radius 2 is 1.38 bits per heavy atom. The second kappa shape index (κ2) is 14.7. The van der Waals surface area contributed by atoms with E-state index in [4.69, 9.17) is 9.57 Å². The van der Waals surface area contributed by atoms with Gasteiger partial charge in [-0.2, -0.15) is 5.48 Å². The molecule has 0 fully saturated rings. The third-order valence-corrected chi connectivity index (χ3v) is 5.21. The second-order valence-electron chi connectivity index (χ2n) is 9.71. The minimum atomic E-state index is -1.35. The minimum absolute atomic E-state index is 0.222. The van der Waals surface area contributed by atoms with E-state index in [0.29, 0.717) is 16.8 Å². The Balaban J connectivity index is 1.50. The fraction of sp³-hybridized carbons (Fsp3) is 0.188. The number of amides is 3. The Labute approximate surface area is 243 Å². The SMILES string of the molecule is CC(C)(C)OC(=O)Nc1ccc(C#CC#Cc2ccc(C(=O)N[C@H](CO)C(=O)NOC(=O)c3ccccc3)cc2)cc1. The van der Waals surface area contributed by atoms with Crippen LogP contribution in [0.1, 0.15) is 52.6 Å². The summed E-state index contributed by atoms with van der Waals surface area (Å²) in [5.41, 5.74) is 3.66. The number of hydroxylamine groups is 1. The molecule has 3 aromatic carbocycles. The van der Waals surface area contributed by atoms with Gasteiger partial charge in [0.25, 0.3) is 11.8 Å². The molecular weight excluding hydrogens is 538 g/mol. The summed E-state index contributed by atoms with van der Waals surface area (Å²) in [6, 6.07) is 19.8. The van der Waals surface area contributed by atoms with Gasteiger partial charge in [0.1, 0.15) is 11.6 Å². The second-order valence-corrected chi connectivity index (χ2v) is 9.71. The van der Waals surface area contributed by atoms with Crippen LogP contribution in [0.25, 0.3) is 0 Å². The van der Waals surface area contributed by atoms with Gasteiger partial charge in [0.2, 0.25) is 0 Å². The lowest BCUT2D eigenvalue weighted by atomic mass is 10.1. The van der Waals surface area contributed by atoms with E-state index in [2.05, 4.69) is 34.3 Å². The standard InChI is InChI=1S/C32H29N3O7/c1-32(2,3)41-31(40)33-26-19-15-23(16-20-26)10-8-7-9-22-13-17-24(18-14-22)28(37)34-27(21-36)29(38)35-42-30(39)25-11-5-4-6-12-25/h4-6,11-20,27,36H,21H2,1-3H3,(H,33,40)(H,34,37)(H,35,38)/t27-/m1/s1. The summed E-state index contributed by atoms with van der Waals surface area (Å²) < 4.78 is 5.21. The molecule has 0 bridgehead atoms. The number of benzene rings is 3. The summed E-state index contributed by atoms with van der Waals surface area (Å²) in [5, 5.41) is 14.6. The molecule has 0 aliphatic rings. The normalized spacial score (nSPS) is 10.9. The van der Waals surface area contributed by atoms with Crippen molar-refractivity contribution >= 4 is 29.6 Å². The maximum atomic E-state index is 12.6. The van der Waals surface area contributed by atoms with Gasteiger partial charge in [0.15, 0.2) is 0 Å². The first kappa shape index (κ1) is 31.0. The van der Waals surface area contributed by atoms with E-state index < -0.39 is 42.1 Å². The molecule has 0 aromatic heterocycles. The van der Waals surface area contributed by atoms with Crippen LogP contribution < -0.4 is 16.1 Å². The number of anilines is 1. The highest BCUT2D eigenvalue weighted by atomic mass is 16.7. The Bertz CT molecular complexity index is 1540. The Kier molecular flexibility index (Phi) is 10.8. The quantitative estimate of drug-likeness (QED) is 0.264. The first-order valence-electron chi connectivity index (χ1n) is 12.7. The van der Waals surface area contributed by atoms with Crippen molar-refractivity contribution in [3.05, 3.63) is 101 Å². The predicted molar refractivity (Wildman–Crippen MR) is 155 cm³/mol. The molecule has 0 aliphatic carbocycles. The van der Waals surface area contributed by atoms with E-state index in [1.54, 1.807) is 75.4 Å². The minimum Gasteiger partial charge on any atom is -0.444 e. The van der Waals surface area contributed by atoms with Crippen molar-refractivity contribution in [2.24, 2.45) is 0 Å². The van der Waals surface area contributed by atoms with Gasteiger partial charge in [0, 0.05) is 22.4 Å². The van der Waals surface area contributed by atoms with Crippen molar-refractivity contribution in [3.63, 3.8) is 0 Å². The van der Waals surface area contributed by atoms with E-state index >= 15 is 0 Å². The molecular formula is C32H29N3O7. The van der Waals surface area contributed by atoms with Crippen molar-refractivity contribution in [2.75, 3.05) is 11.9 Å². The van der Waals surface area contributed by atoms with Gasteiger partial charge in [-0.15, -0.1) is 0 Å². The van der Waals surface area contributed by atoms with E-state index in [0.717, 1.165) is 0 Å². The largest absolute Gasteiger partial charge is 0.444 e. The molecule has 0 unspecified atom stereocenters. The number of hydrogen-bond donors (Lipinski definition) is 4. The van der Waals surface area contributed by atoms with E-state index in [1.807, 2.05) is 5.48 Å². The number of rotatable bonds is 6. The summed E-state index contributed by atoms with van der Waals surface area (Å²) in [6.07, 6.45) is -0.545. The lowest BCUT2D eigenvalue weighted by Gasteiger charge is -2.19. The molecule has 0 spiro atoms. The molecule has 0 heterocycles. The topological polar surface area (TPSA) is 143 Å². The third kappa shape index (κ3) is 10.2. The molecule has 3 rings (SSSR count). The van der Waals surface area contributed by atoms with Crippen LogP contribution in [-0.4, -0.2) is 47.2 Å². The van der Waals surface area contributed by atoms with E-state index in [1.165, 1.54) is 24.3 Å². The van der Waals surface area contributed by atoms with Gasteiger partial charge in [0.05, 0.1) is 12.2 Å². The maximum absolute atomic E-state index is 12.6. The van der Waals surface area contributed by atoms with Crippen LogP contribution in [0, 0.1) is 23.7 Å². The van der Waals surface area contributed by atoms with Gasteiger partial charge in [-0.1, -0.05) is 30.0 Å². The fourth-order valence-corrected chi connectivity index (χ4v) is 3.21. The molecule has 10 nitrogen and oxygen atoms in total. The zero-order chi connectivity index (χ0) is 30.5. The van der Waals surface area contributed by atoms with E-state index in [9.17, 15) is 24.3 Å². The summed E-state index contributed by atoms with van der Waals surface area (Å²) in [5.74, 6) is 8.94. The molecule has 0 aliphatic heterocycles. The number of carbonyl (C=O) groups is 4. The summed E-state index contributed by atoms with van der Waals surface area (Å²) in [4.78, 5) is 53.4. The first-order valence-corrected chi connectivity index (χ1v) is 12.7. The van der Waals surface area contributed by atoms with Crippen molar-refractivity contribution in [3.8, 4) is 23.7 Å². The molecule has 3 aromatic rings. The molecule has 3 amide bonds. The molecule has 0 saturated carbocycles. The summed E-state index contributed by atoms with van der Waals surface area (Å²) >= 11 is 0. The van der Waals surface area contributed by atoms with Crippen LogP contribution in [0.4, 0.5) is 10.5 Å². The number of aliphatic hydroxyl groups excluding tert-OH is 1. The van der Waals surface area contributed by atoms with Crippen LogP contribution in [-0.2, 0) is 14.4 Å². The van der Waals surface area contributed by atoms with Gasteiger partial charge in [-0.05, 0) is 93.3 Å². The number of carbonyl (C=O) groups excluding carboxylic acids is 4. The number of hydrogen-bond acceptors (Lipinski definition) is 7. The van der Waals surface area contributed by atoms with Crippen molar-refractivity contribution in [2.45, 2.75) is 32.4 Å². The number of ether oxygens (including phenoxy) is 1. The van der Waals surface area contributed by atoms with Gasteiger partial charge < -0.3 is 20.0 Å². The lowest BCUT2D eigenvalue weighted by molar-refractivity contribution is -0.132. The third-order valence-electron chi connectivity index (χ3n) is 5.21. The summed E-state index contributed by atoms with van der Waals surface area (Å²) in [7, 11) is 0. The van der Waals surface area contributed by atoms with Crippen LogP contribution in [0.2, 0.25) is 0 Å². The first-order chi connectivity index (χ1) is 20.0. The summed E-state index contributed by atoms with van der Waals surface area (Å²) in [6.45, 7) is 4.63. The van der Waals surface area contributed by atoms with Crippen LogP contribution in [0.3, 0.4) is 0 Å². The molecule has 42 heavy (non-hydrogen) atoms. The molecule has 4 N–H and O–H groups in total. The van der Waals surface area contributed by atoms with Crippen LogP contribution in [0.5, 0.6) is 0 Å². The average Bonchev–Trinajstić information content (AvgIpc) is 2.97. The molecule has 0 radical (unpaired) electrons. The highest BCUT2D eigenvalue weighted by molar-refractivity contribution is 5.98. The zero-order valence-corrected chi connectivity index (χ0v) is 23.2. The smallest absolute Gasteiger partial charge is 0.412 e. The van der Waals surface area contributed by atoms with Gasteiger partial charge >= 0.3 is 12.1 Å². The Morgan fingerprint density at radius 3 is 1.93 bits per heavy atom. The monoisotopic (exact) mass is 567 g/mol. The van der Waals surface area contributed by atoms with Gasteiger partial charge in [-0.25, -0.2) is 9.59 Å². The molecule has 0 saturated heterocycles. The van der Waals surface area contributed by atoms with Crippen molar-refractivity contribution < 1.29 is 33.9 Å². The predicted octanol–water partition coefficient (Wildman–Crippen LogP) is 3.42. The van der Waals surface area contributed by atoms with Crippen LogP contribution in [0.15, 0.2) is 78.9 Å². The number of aliphatic hydroxyl groups is 1. The highest BCUT2D eigenvalue weighted by Crippen LogP contribution is 2.12. The Hall–Kier alpha value is -5.58. The molecule has 214 valence electrons. The fourth-order valence-electron chi connectivity index (χ4n) is 3.21. The maximum Gasteiger partial charge on any atom is 0.412 e. The highest BCUT2D eigenvalue weighted by Gasteiger charge is 2.22. The lowest BCUT2D eigenvalue weighted by Crippen LogP contribution is -2.49. The van der Waals surface area contributed by atoms with Crippen LogP contribution >= 0.6 is 0 Å². The number of nitrogens with one attached hydrogen (secondary N) is 3. The van der Waals surface area contributed by atoms with Crippen molar-refractivity contribution in [1.82, 2.24) is 10.8 Å². The average molecular weight is 568 g/mol. The van der Waals surface area contributed by atoms with Crippen molar-refractivity contribution in [1.29, 1.82) is 0 Å². The molecule has 10 heteroatoms. The Morgan fingerprint density at radius 1 is 0.810 bits per heavy atom. The van der Waals surface area contributed by atoms with E-state index in [-0.39, 0.29) is 11.1 Å². The molecule has 1 atom stereocenters. The van der Waals surface area contributed by atoms with Gasteiger partial charge in [-0.3, -0.25) is 14.9 Å².